The average Bonchev–Trinajstić information content (AvgIpc) is 2.97. The number of anilines is 1. The number of aromatic nitrogens is 3. The molecule has 12 heteroatoms. The highest BCUT2D eigenvalue weighted by molar-refractivity contribution is 7.80. The molecule has 200 valence electrons. The Morgan fingerprint density at radius 3 is 1.90 bits per heavy atom. The number of ether oxygens (including phenoxy) is 4. The molecule has 0 aliphatic carbocycles. The molecule has 0 unspecified atom stereocenters. The molecular formula is C28H21N5O6S. The normalized spacial score (nSPS) is 14.1. The Bertz CT molecular complexity index is 1570. The Morgan fingerprint density at radius 1 is 0.725 bits per heavy atom. The molecule has 0 spiro atoms. The van der Waals surface area contributed by atoms with Crippen LogP contribution in [0.4, 0.5) is 5.69 Å². The molecule has 1 aromatic heterocycles. The van der Waals surface area contributed by atoms with Crippen molar-refractivity contribution in [3.63, 3.8) is 0 Å². The highest BCUT2D eigenvalue weighted by Crippen LogP contribution is 2.28. The number of nitrogens with one attached hydrogen (secondary N) is 1. The van der Waals surface area contributed by atoms with E-state index in [-0.39, 0.29) is 28.7 Å². The molecule has 40 heavy (non-hydrogen) atoms. The van der Waals surface area contributed by atoms with E-state index in [0.29, 0.717) is 28.5 Å². The molecule has 1 aliphatic rings. The summed E-state index contributed by atoms with van der Waals surface area (Å²) in [6.45, 7) is 0. The predicted octanol–water partition coefficient (Wildman–Crippen LogP) is 4.30. The SMILES string of the molecule is COc1nc(OC)nc(Oc2ccc(C=C3C(=O)NC(=S)N(c4ccc(Oc5ccccc5)cc4)C3=O)cc2)n1. The minimum Gasteiger partial charge on any atom is -0.467 e. The van der Waals surface area contributed by atoms with Gasteiger partial charge in [0.1, 0.15) is 22.8 Å². The van der Waals surface area contributed by atoms with Crippen molar-refractivity contribution >= 4 is 40.9 Å². The molecule has 1 fully saturated rings. The number of carbonyl (C=O) groups is 2. The largest absolute Gasteiger partial charge is 0.467 e. The van der Waals surface area contributed by atoms with E-state index in [1.165, 1.54) is 25.2 Å². The maximum absolute atomic E-state index is 13.4. The topological polar surface area (TPSA) is 125 Å². The minimum atomic E-state index is -0.597. The van der Waals surface area contributed by atoms with E-state index >= 15 is 0 Å². The van der Waals surface area contributed by atoms with Gasteiger partial charge in [0.2, 0.25) is 0 Å². The first kappa shape index (κ1) is 26.3. The van der Waals surface area contributed by atoms with Crippen LogP contribution in [0.3, 0.4) is 0 Å². The van der Waals surface area contributed by atoms with Crippen molar-refractivity contribution in [3.05, 3.63) is 90.0 Å². The van der Waals surface area contributed by atoms with Crippen LogP contribution in [-0.4, -0.2) is 46.1 Å². The summed E-state index contributed by atoms with van der Waals surface area (Å²) in [6.07, 6.45) is 1.47. The fraction of sp³-hybridized carbons (Fsp3) is 0.0714. The molecule has 0 atom stereocenters. The number of carbonyl (C=O) groups excluding carboxylic acids is 2. The fourth-order valence-corrected chi connectivity index (χ4v) is 3.91. The number of amides is 2. The second-order valence-corrected chi connectivity index (χ2v) is 8.52. The van der Waals surface area contributed by atoms with Crippen molar-refractivity contribution in [2.75, 3.05) is 19.1 Å². The van der Waals surface area contributed by atoms with Crippen LogP contribution in [0.1, 0.15) is 5.56 Å². The van der Waals surface area contributed by atoms with E-state index in [1.807, 2.05) is 30.3 Å². The van der Waals surface area contributed by atoms with Crippen molar-refractivity contribution in [1.82, 2.24) is 20.3 Å². The lowest BCUT2D eigenvalue weighted by Gasteiger charge is -2.29. The first-order chi connectivity index (χ1) is 19.4. The Morgan fingerprint density at radius 2 is 1.27 bits per heavy atom. The van der Waals surface area contributed by atoms with E-state index in [2.05, 4.69) is 20.3 Å². The Balaban J connectivity index is 1.33. The third-order valence-electron chi connectivity index (χ3n) is 5.51. The van der Waals surface area contributed by atoms with E-state index in [0.717, 1.165) is 0 Å². The number of benzene rings is 3. The summed E-state index contributed by atoms with van der Waals surface area (Å²) in [6, 6.07) is 22.8. The van der Waals surface area contributed by atoms with Crippen LogP contribution >= 0.6 is 12.2 Å². The third-order valence-corrected chi connectivity index (χ3v) is 5.80. The smallest absolute Gasteiger partial charge is 0.331 e. The summed E-state index contributed by atoms with van der Waals surface area (Å²) < 4.78 is 21.5. The summed E-state index contributed by atoms with van der Waals surface area (Å²) in [5.41, 5.74) is 0.975. The number of hydrogen-bond acceptors (Lipinski definition) is 10. The second-order valence-electron chi connectivity index (χ2n) is 8.13. The van der Waals surface area contributed by atoms with Crippen LogP contribution in [-0.2, 0) is 9.59 Å². The van der Waals surface area contributed by atoms with Crippen molar-refractivity contribution in [2.45, 2.75) is 0 Å². The van der Waals surface area contributed by atoms with Gasteiger partial charge in [-0.15, -0.1) is 15.0 Å². The Labute approximate surface area is 234 Å². The zero-order chi connectivity index (χ0) is 28.1. The average molecular weight is 556 g/mol. The lowest BCUT2D eigenvalue weighted by Crippen LogP contribution is -2.54. The van der Waals surface area contributed by atoms with Crippen LogP contribution in [0, 0.1) is 0 Å². The van der Waals surface area contributed by atoms with Crippen LogP contribution in [0.5, 0.6) is 35.3 Å². The minimum absolute atomic E-state index is 0.0177. The van der Waals surface area contributed by atoms with Crippen molar-refractivity contribution in [3.8, 4) is 35.3 Å². The summed E-state index contributed by atoms with van der Waals surface area (Å²) in [5, 5.41) is 2.56. The molecule has 5 rings (SSSR count). The molecule has 0 saturated carbocycles. The van der Waals surface area contributed by atoms with Crippen molar-refractivity contribution < 1.29 is 28.5 Å². The van der Waals surface area contributed by atoms with Gasteiger partial charge in [-0.1, -0.05) is 30.3 Å². The van der Waals surface area contributed by atoms with Gasteiger partial charge in [-0.3, -0.25) is 19.8 Å². The molecule has 1 saturated heterocycles. The quantitative estimate of drug-likeness (QED) is 0.191. The number of rotatable bonds is 8. The van der Waals surface area contributed by atoms with Crippen molar-refractivity contribution in [2.24, 2.45) is 0 Å². The molecule has 0 bridgehead atoms. The molecule has 4 aromatic rings. The molecule has 3 aromatic carbocycles. The van der Waals surface area contributed by atoms with E-state index in [1.54, 1.807) is 48.5 Å². The summed E-state index contributed by atoms with van der Waals surface area (Å²) in [4.78, 5) is 39.3. The highest BCUT2D eigenvalue weighted by atomic mass is 32.1. The predicted molar refractivity (Wildman–Crippen MR) is 149 cm³/mol. The first-order valence-electron chi connectivity index (χ1n) is 11.8. The monoisotopic (exact) mass is 555 g/mol. The maximum Gasteiger partial charge on any atom is 0.331 e. The van der Waals surface area contributed by atoms with Gasteiger partial charge in [-0.05, 0) is 72.4 Å². The molecule has 2 amide bonds. The zero-order valence-corrected chi connectivity index (χ0v) is 22.0. The van der Waals surface area contributed by atoms with Gasteiger partial charge < -0.3 is 18.9 Å². The van der Waals surface area contributed by atoms with Crippen LogP contribution < -0.4 is 29.2 Å². The van der Waals surface area contributed by atoms with Crippen LogP contribution in [0.15, 0.2) is 84.4 Å². The third kappa shape index (κ3) is 5.87. The van der Waals surface area contributed by atoms with E-state index in [9.17, 15) is 9.59 Å². The number of hydrogen-bond donors (Lipinski definition) is 1. The summed E-state index contributed by atoms with van der Waals surface area (Å²) >= 11 is 5.30. The van der Waals surface area contributed by atoms with E-state index < -0.39 is 11.8 Å². The van der Waals surface area contributed by atoms with Crippen LogP contribution in [0.25, 0.3) is 6.08 Å². The molecule has 0 radical (unpaired) electrons. The van der Waals surface area contributed by atoms with Gasteiger partial charge in [-0.2, -0.15) is 0 Å². The second kappa shape index (κ2) is 11.6. The van der Waals surface area contributed by atoms with E-state index in [4.69, 9.17) is 31.2 Å². The highest BCUT2D eigenvalue weighted by Gasteiger charge is 2.34. The lowest BCUT2D eigenvalue weighted by atomic mass is 10.1. The maximum atomic E-state index is 13.4. The Hall–Kier alpha value is -5.36. The standard InChI is InChI=1S/C28H21N5O6S/c1-36-25-30-26(37-2)32-27(31-25)39-21-12-8-17(9-13-21)16-22-23(34)29-28(40)33(24(22)35)18-10-14-20(15-11-18)38-19-6-4-3-5-7-19/h3-16H,1-2H3,(H,29,34,40). The number of nitrogens with zero attached hydrogens (tertiary/aromatic N) is 4. The van der Waals surface area contributed by atoms with Gasteiger partial charge in [-0.25, -0.2) is 0 Å². The van der Waals surface area contributed by atoms with Gasteiger partial charge in [0.25, 0.3) is 11.8 Å². The molecule has 11 nitrogen and oxygen atoms in total. The molecular weight excluding hydrogens is 534 g/mol. The molecule has 1 aliphatic heterocycles. The van der Waals surface area contributed by atoms with Crippen molar-refractivity contribution in [1.29, 1.82) is 0 Å². The zero-order valence-electron chi connectivity index (χ0n) is 21.2. The molecule has 1 N–H and O–H groups in total. The van der Waals surface area contributed by atoms with Gasteiger partial charge >= 0.3 is 18.0 Å². The summed E-state index contributed by atoms with van der Waals surface area (Å²) in [7, 11) is 2.82. The van der Waals surface area contributed by atoms with Gasteiger partial charge in [0.15, 0.2) is 5.11 Å². The lowest BCUT2D eigenvalue weighted by molar-refractivity contribution is -0.122. The van der Waals surface area contributed by atoms with Crippen LogP contribution in [0.2, 0.25) is 0 Å². The Kier molecular flexibility index (Phi) is 7.60. The molecule has 2 heterocycles. The number of thiocarbonyl (C=S) groups is 1. The van der Waals surface area contributed by atoms with Gasteiger partial charge in [0, 0.05) is 0 Å². The summed E-state index contributed by atoms with van der Waals surface area (Å²) in [5.74, 6) is 0.510. The number of para-hydroxylation sites is 1. The number of methoxy groups -OCH3 is 2. The fourth-order valence-electron chi connectivity index (χ4n) is 3.63. The van der Waals surface area contributed by atoms with Gasteiger partial charge in [0.05, 0.1) is 19.9 Å². The first-order valence-corrected chi connectivity index (χ1v) is 12.2.